The molecule has 0 unspecified atom stereocenters. The van der Waals surface area contributed by atoms with Crippen molar-refractivity contribution in [3.63, 3.8) is 0 Å². The number of halogens is 1. The van der Waals surface area contributed by atoms with Crippen LogP contribution in [0.25, 0.3) is 0 Å². The highest BCUT2D eigenvalue weighted by Gasteiger charge is 2.14. The summed E-state index contributed by atoms with van der Waals surface area (Å²) in [5.74, 6) is 0.106. The molecule has 0 saturated heterocycles. The van der Waals surface area contributed by atoms with E-state index in [-0.39, 0.29) is 11.8 Å². The van der Waals surface area contributed by atoms with Gasteiger partial charge in [-0.3, -0.25) is 4.79 Å². The van der Waals surface area contributed by atoms with Crippen LogP contribution in [0.1, 0.15) is 32.3 Å². The van der Waals surface area contributed by atoms with Crippen molar-refractivity contribution in [2.75, 3.05) is 5.32 Å². The van der Waals surface area contributed by atoms with Gasteiger partial charge in [-0.1, -0.05) is 26.1 Å². The van der Waals surface area contributed by atoms with E-state index in [2.05, 4.69) is 21.2 Å². The number of carbonyl (C=O) groups is 1. The lowest BCUT2D eigenvalue weighted by Gasteiger charge is -2.13. The molecule has 0 radical (unpaired) electrons. The van der Waals surface area contributed by atoms with Crippen molar-refractivity contribution in [2.45, 2.75) is 26.7 Å². The Hall–Kier alpha value is -0.940. The molecule has 0 aliphatic heterocycles. The predicted octanol–water partition coefficient (Wildman–Crippen LogP) is 3.46. The van der Waals surface area contributed by atoms with Crippen LogP contribution in [0.2, 0.25) is 0 Å². The lowest BCUT2D eigenvalue weighted by molar-refractivity contribution is -0.120. The van der Waals surface area contributed by atoms with Crippen LogP contribution in [-0.4, -0.2) is 10.9 Å². The first kappa shape index (κ1) is 15.1. The predicted molar refractivity (Wildman–Crippen MR) is 82.7 cm³/mol. The van der Waals surface area contributed by atoms with Gasteiger partial charge >= 0.3 is 0 Å². The van der Waals surface area contributed by atoms with Crippen LogP contribution in [0.5, 0.6) is 0 Å². The van der Waals surface area contributed by atoms with E-state index in [0.29, 0.717) is 4.99 Å². The first-order valence-electron chi connectivity index (χ1n) is 5.89. The fourth-order valence-corrected chi connectivity index (χ4v) is 2.60. The minimum absolute atomic E-state index is 0.0509. The molecular weight excluding hydrogens is 312 g/mol. The van der Waals surface area contributed by atoms with Crippen molar-refractivity contribution in [1.29, 1.82) is 0 Å². The van der Waals surface area contributed by atoms with Crippen LogP contribution in [0.4, 0.5) is 5.69 Å². The van der Waals surface area contributed by atoms with Crippen molar-refractivity contribution in [3.8, 4) is 0 Å². The molecule has 1 aromatic carbocycles. The van der Waals surface area contributed by atoms with Gasteiger partial charge in [0.15, 0.2) is 0 Å². The summed E-state index contributed by atoms with van der Waals surface area (Å²) in [5.41, 5.74) is 7.09. The van der Waals surface area contributed by atoms with Gasteiger partial charge in [-0.2, -0.15) is 0 Å². The van der Waals surface area contributed by atoms with Crippen LogP contribution < -0.4 is 11.1 Å². The maximum atomic E-state index is 11.9. The smallest absolute Gasteiger partial charge is 0.227 e. The molecule has 0 heterocycles. The van der Waals surface area contributed by atoms with Gasteiger partial charge in [0.1, 0.15) is 4.99 Å². The second-order valence-electron chi connectivity index (χ2n) is 4.06. The van der Waals surface area contributed by atoms with E-state index in [9.17, 15) is 4.79 Å². The van der Waals surface area contributed by atoms with Crippen LogP contribution in [-0.2, 0) is 4.79 Å². The van der Waals surface area contributed by atoms with Crippen LogP contribution in [0.3, 0.4) is 0 Å². The summed E-state index contributed by atoms with van der Waals surface area (Å²) in [6.45, 7) is 4.03. The number of hydrogen-bond donors (Lipinski definition) is 2. The zero-order valence-electron chi connectivity index (χ0n) is 10.5. The number of anilines is 1. The van der Waals surface area contributed by atoms with Gasteiger partial charge in [0, 0.05) is 21.6 Å². The Kier molecular flexibility index (Phi) is 5.75. The van der Waals surface area contributed by atoms with Crippen LogP contribution >= 0.6 is 28.1 Å². The SMILES string of the molecule is CCC(CC)C(=O)Nc1ccc(C(N)=S)c(Br)c1. The lowest BCUT2D eigenvalue weighted by Crippen LogP contribution is -2.21. The third-order valence-electron chi connectivity index (χ3n) is 2.86. The topological polar surface area (TPSA) is 55.1 Å². The summed E-state index contributed by atoms with van der Waals surface area (Å²) in [5, 5.41) is 2.90. The molecular formula is C13H17BrN2OS. The summed E-state index contributed by atoms with van der Waals surface area (Å²) in [6, 6.07) is 5.42. The van der Waals surface area contributed by atoms with Crippen molar-refractivity contribution in [2.24, 2.45) is 11.7 Å². The maximum absolute atomic E-state index is 11.9. The number of hydrogen-bond acceptors (Lipinski definition) is 2. The molecule has 0 fully saturated rings. The third kappa shape index (κ3) is 3.78. The Morgan fingerprint density at radius 1 is 1.44 bits per heavy atom. The average molecular weight is 329 g/mol. The normalized spacial score (nSPS) is 10.4. The van der Waals surface area contributed by atoms with E-state index >= 15 is 0 Å². The molecule has 1 aromatic rings. The number of carbonyl (C=O) groups excluding carboxylic acids is 1. The minimum atomic E-state index is 0.0509. The van der Waals surface area contributed by atoms with Gasteiger partial charge in [0.25, 0.3) is 0 Å². The van der Waals surface area contributed by atoms with E-state index in [1.165, 1.54) is 0 Å². The van der Waals surface area contributed by atoms with E-state index in [1.54, 1.807) is 12.1 Å². The van der Waals surface area contributed by atoms with E-state index in [0.717, 1.165) is 28.6 Å². The Morgan fingerprint density at radius 2 is 2.06 bits per heavy atom. The van der Waals surface area contributed by atoms with Gasteiger partial charge in [-0.15, -0.1) is 0 Å². The fourth-order valence-electron chi connectivity index (χ4n) is 1.70. The second kappa shape index (κ2) is 6.85. The zero-order valence-corrected chi connectivity index (χ0v) is 12.9. The van der Waals surface area contributed by atoms with Crippen LogP contribution in [0, 0.1) is 5.92 Å². The lowest BCUT2D eigenvalue weighted by atomic mass is 10.0. The summed E-state index contributed by atoms with van der Waals surface area (Å²) < 4.78 is 0.789. The number of nitrogens with two attached hydrogens (primary N) is 1. The van der Waals surface area contributed by atoms with Gasteiger partial charge in [0.2, 0.25) is 5.91 Å². The molecule has 5 heteroatoms. The highest BCUT2D eigenvalue weighted by atomic mass is 79.9. The maximum Gasteiger partial charge on any atom is 0.227 e. The van der Waals surface area contributed by atoms with Crippen molar-refractivity contribution < 1.29 is 4.79 Å². The monoisotopic (exact) mass is 328 g/mol. The zero-order chi connectivity index (χ0) is 13.7. The van der Waals surface area contributed by atoms with Gasteiger partial charge < -0.3 is 11.1 Å². The van der Waals surface area contributed by atoms with E-state index in [1.807, 2.05) is 19.9 Å². The standard InChI is InChI=1S/C13H17BrN2OS/c1-3-8(4-2)13(17)16-9-5-6-10(12(15)18)11(14)7-9/h5-8H,3-4H2,1-2H3,(H2,15,18)(H,16,17). The second-order valence-corrected chi connectivity index (χ2v) is 5.36. The molecule has 3 nitrogen and oxygen atoms in total. The van der Waals surface area contributed by atoms with Crippen molar-refractivity contribution >= 4 is 44.7 Å². The molecule has 3 N–H and O–H groups in total. The first-order valence-corrected chi connectivity index (χ1v) is 7.09. The average Bonchev–Trinajstić information content (AvgIpc) is 2.30. The Bertz CT molecular complexity index is 458. The highest BCUT2D eigenvalue weighted by Crippen LogP contribution is 2.22. The molecule has 18 heavy (non-hydrogen) atoms. The first-order chi connectivity index (χ1) is 8.49. The largest absolute Gasteiger partial charge is 0.389 e. The molecule has 1 rings (SSSR count). The van der Waals surface area contributed by atoms with Crippen LogP contribution in [0.15, 0.2) is 22.7 Å². The third-order valence-corrected chi connectivity index (χ3v) is 3.73. The Labute approximate surface area is 121 Å². The molecule has 0 aliphatic carbocycles. The van der Waals surface area contributed by atoms with E-state index in [4.69, 9.17) is 18.0 Å². The molecule has 0 saturated carbocycles. The summed E-state index contributed by atoms with van der Waals surface area (Å²) in [6.07, 6.45) is 1.68. The molecule has 1 amide bonds. The number of thiocarbonyl (C=S) groups is 1. The van der Waals surface area contributed by atoms with Crippen molar-refractivity contribution in [3.05, 3.63) is 28.2 Å². The van der Waals surface area contributed by atoms with Gasteiger partial charge in [-0.25, -0.2) is 0 Å². The Morgan fingerprint density at radius 3 is 2.50 bits per heavy atom. The quantitative estimate of drug-likeness (QED) is 0.814. The summed E-state index contributed by atoms with van der Waals surface area (Å²) >= 11 is 8.31. The molecule has 0 aromatic heterocycles. The highest BCUT2D eigenvalue weighted by molar-refractivity contribution is 9.10. The number of amides is 1. The molecule has 0 spiro atoms. The van der Waals surface area contributed by atoms with E-state index < -0.39 is 0 Å². The minimum Gasteiger partial charge on any atom is -0.389 e. The van der Waals surface area contributed by atoms with Gasteiger partial charge in [0.05, 0.1) is 0 Å². The molecule has 0 bridgehead atoms. The summed E-state index contributed by atoms with van der Waals surface area (Å²) in [4.78, 5) is 12.3. The number of nitrogens with one attached hydrogen (secondary N) is 1. The number of benzene rings is 1. The fraction of sp³-hybridized carbons (Fsp3) is 0.385. The Balaban J connectivity index is 2.83. The molecule has 0 atom stereocenters. The van der Waals surface area contributed by atoms with Crippen molar-refractivity contribution in [1.82, 2.24) is 0 Å². The number of rotatable bonds is 5. The van der Waals surface area contributed by atoms with Gasteiger partial charge in [-0.05, 0) is 47.0 Å². The molecule has 0 aliphatic rings. The molecule has 98 valence electrons. The summed E-state index contributed by atoms with van der Waals surface area (Å²) in [7, 11) is 0.